The van der Waals surface area contributed by atoms with Gasteiger partial charge in [-0.05, 0) is 118 Å². The summed E-state index contributed by atoms with van der Waals surface area (Å²) in [5, 5.41) is 2.39. The molecule has 0 radical (unpaired) electrons. The molecule has 5 nitrogen and oxygen atoms in total. The Morgan fingerprint density at radius 3 is 1.79 bits per heavy atom. The minimum absolute atomic E-state index is 0.133. The van der Waals surface area contributed by atoms with E-state index in [1.165, 1.54) is 44.2 Å². The van der Waals surface area contributed by atoms with Crippen molar-refractivity contribution in [2.45, 2.75) is 19.3 Å². The molecule has 5 heteroatoms. The second-order valence-corrected chi connectivity index (χ2v) is 17.3. The van der Waals surface area contributed by atoms with Crippen LogP contribution in [0.25, 0.3) is 83.3 Å². The molecule has 0 saturated carbocycles. The monoisotopic (exact) mass is 807 g/mol. The molecule has 0 aliphatic heterocycles. The van der Waals surface area contributed by atoms with E-state index in [4.69, 9.17) is 4.98 Å². The molecule has 0 spiro atoms. The molecule has 0 bridgehead atoms. The lowest BCUT2D eigenvalue weighted by molar-refractivity contribution is 0.660. The summed E-state index contributed by atoms with van der Waals surface area (Å²) < 4.78 is 7.02. The van der Waals surface area contributed by atoms with E-state index < -0.39 is 0 Å². The number of anilines is 3. The Kier molecular flexibility index (Phi) is 7.58. The third-order valence-electron chi connectivity index (χ3n) is 13.4. The lowest BCUT2D eigenvalue weighted by Gasteiger charge is -2.28. The SMILES string of the molecule is CC1(C)c2ccccc2-c2ccc(N(c3ccc(-c4ccccc4)cc3)c3ccc4c5ccc(-n6c7ccccc7n7c8ccccc8nc67)cc5n(-c5ccccc5)c4c3)cc21. The van der Waals surface area contributed by atoms with E-state index in [-0.39, 0.29) is 5.41 Å². The zero-order chi connectivity index (χ0) is 41.8. The molecule has 0 fully saturated rings. The second-order valence-electron chi connectivity index (χ2n) is 17.3. The molecular formula is C58H41N5. The first-order valence-electron chi connectivity index (χ1n) is 21.7. The van der Waals surface area contributed by atoms with Crippen LogP contribution in [0.4, 0.5) is 17.1 Å². The molecule has 1 aliphatic carbocycles. The van der Waals surface area contributed by atoms with Gasteiger partial charge in [0.15, 0.2) is 0 Å². The first-order valence-corrected chi connectivity index (χ1v) is 21.7. The standard InChI is InChI=1S/C58H41N5/c1-58(2)49-20-10-9-19-45(49)46-32-29-42(35-50(46)58)60(41-27-25-39(26-28-41)38-15-5-3-6-16-38)43-30-33-47-48-34-31-44(37-56(48)61(55(47)36-43)40-17-7-4-8-18-40)62-53-23-13-14-24-54(53)63-52-22-12-11-21-51(52)59-57(62)63/h3-37H,1-2H3. The van der Waals surface area contributed by atoms with E-state index in [0.717, 1.165) is 67.3 Å². The maximum atomic E-state index is 5.20. The van der Waals surface area contributed by atoms with E-state index >= 15 is 0 Å². The number of hydrogen-bond donors (Lipinski definition) is 0. The Morgan fingerprint density at radius 1 is 0.397 bits per heavy atom. The lowest BCUT2D eigenvalue weighted by atomic mass is 9.82. The summed E-state index contributed by atoms with van der Waals surface area (Å²) in [4.78, 5) is 7.63. The summed E-state index contributed by atoms with van der Waals surface area (Å²) in [6, 6.07) is 77.2. The molecule has 0 saturated heterocycles. The minimum Gasteiger partial charge on any atom is -0.310 e. The molecule has 0 amide bonds. The van der Waals surface area contributed by atoms with Crippen molar-refractivity contribution in [3.8, 4) is 33.6 Å². The fourth-order valence-corrected chi connectivity index (χ4v) is 10.4. The lowest BCUT2D eigenvalue weighted by Crippen LogP contribution is -2.16. The van der Waals surface area contributed by atoms with Gasteiger partial charge >= 0.3 is 0 Å². The number of fused-ring (bicyclic) bond motifs is 11. The number of imidazole rings is 2. The van der Waals surface area contributed by atoms with Gasteiger partial charge in [0, 0.05) is 38.9 Å². The van der Waals surface area contributed by atoms with E-state index in [2.05, 4.69) is 245 Å². The average molecular weight is 808 g/mol. The second kappa shape index (κ2) is 13.4. The Balaban J connectivity index is 1.03. The molecule has 0 unspecified atom stereocenters. The zero-order valence-corrected chi connectivity index (χ0v) is 34.9. The molecule has 1 aliphatic rings. The van der Waals surface area contributed by atoms with Crippen molar-refractivity contribution < 1.29 is 0 Å². The van der Waals surface area contributed by atoms with Gasteiger partial charge in [0.05, 0.1) is 38.8 Å². The van der Waals surface area contributed by atoms with Gasteiger partial charge in [0.2, 0.25) is 5.78 Å². The average Bonchev–Trinajstić information content (AvgIpc) is 4.04. The highest BCUT2D eigenvalue weighted by Crippen LogP contribution is 2.51. The molecule has 0 atom stereocenters. The Morgan fingerprint density at radius 2 is 0.984 bits per heavy atom. The molecule has 3 heterocycles. The molecule has 298 valence electrons. The van der Waals surface area contributed by atoms with Gasteiger partial charge in [0.25, 0.3) is 0 Å². The Hall–Kier alpha value is -8.15. The smallest absolute Gasteiger partial charge is 0.220 e. The van der Waals surface area contributed by atoms with Gasteiger partial charge in [-0.25, -0.2) is 4.98 Å². The molecule has 13 rings (SSSR count). The zero-order valence-electron chi connectivity index (χ0n) is 34.9. The third kappa shape index (κ3) is 5.26. The van der Waals surface area contributed by atoms with Gasteiger partial charge < -0.3 is 9.47 Å². The van der Waals surface area contributed by atoms with E-state index in [0.29, 0.717) is 0 Å². The quantitative estimate of drug-likeness (QED) is 0.168. The summed E-state index contributed by atoms with van der Waals surface area (Å²) in [7, 11) is 0. The highest BCUT2D eigenvalue weighted by atomic mass is 15.2. The van der Waals surface area contributed by atoms with E-state index in [9.17, 15) is 0 Å². The van der Waals surface area contributed by atoms with Crippen LogP contribution < -0.4 is 4.90 Å². The molecule has 9 aromatic carbocycles. The predicted octanol–water partition coefficient (Wildman–Crippen LogP) is 15.0. The number of benzene rings is 9. The Bertz CT molecular complexity index is 3760. The normalized spacial score (nSPS) is 13.0. The molecule has 0 N–H and O–H groups in total. The van der Waals surface area contributed by atoms with Crippen molar-refractivity contribution in [1.29, 1.82) is 0 Å². The number of hydrogen-bond acceptors (Lipinski definition) is 2. The number of para-hydroxylation sites is 5. The molecule has 63 heavy (non-hydrogen) atoms. The van der Waals surface area contributed by atoms with Crippen molar-refractivity contribution in [1.82, 2.24) is 18.5 Å². The first kappa shape index (κ1) is 35.6. The largest absolute Gasteiger partial charge is 0.310 e. The maximum absolute atomic E-state index is 5.20. The van der Waals surface area contributed by atoms with Gasteiger partial charge in [-0.2, -0.15) is 0 Å². The van der Waals surface area contributed by atoms with Crippen LogP contribution in [0.1, 0.15) is 25.0 Å². The maximum Gasteiger partial charge on any atom is 0.220 e. The number of nitrogens with zero attached hydrogens (tertiary/aromatic N) is 5. The van der Waals surface area contributed by atoms with Crippen LogP contribution in [0.2, 0.25) is 0 Å². The van der Waals surface area contributed by atoms with Crippen molar-refractivity contribution in [3.63, 3.8) is 0 Å². The van der Waals surface area contributed by atoms with Crippen LogP contribution in [-0.2, 0) is 5.41 Å². The summed E-state index contributed by atoms with van der Waals surface area (Å²) in [6.45, 7) is 4.71. The summed E-state index contributed by atoms with van der Waals surface area (Å²) in [6.07, 6.45) is 0. The van der Waals surface area contributed by atoms with E-state index in [1.807, 2.05) is 0 Å². The summed E-state index contributed by atoms with van der Waals surface area (Å²) >= 11 is 0. The molecule has 3 aromatic heterocycles. The summed E-state index contributed by atoms with van der Waals surface area (Å²) in [5.41, 5.74) is 19.7. The van der Waals surface area contributed by atoms with Gasteiger partial charge in [-0.3, -0.25) is 8.97 Å². The van der Waals surface area contributed by atoms with Crippen molar-refractivity contribution in [2.75, 3.05) is 4.90 Å². The topological polar surface area (TPSA) is 30.4 Å². The van der Waals surface area contributed by atoms with Crippen LogP contribution in [0.3, 0.4) is 0 Å². The van der Waals surface area contributed by atoms with E-state index in [1.54, 1.807) is 0 Å². The predicted molar refractivity (Wildman–Crippen MR) is 262 cm³/mol. The van der Waals surface area contributed by atoms with Crippen LogP contribution in [0, 0.1) is 0 Å². The van der Waals surface area contributed by atoms with Crippen LogP contribution in [0.15, 0.2) is 212 Å². The first-order chi connectivity index (χ1) is 31.0. The highest BCUT2D eigenvalue weighted by Gasteiger charge is 2.36. The van der Waals surface area contributed by atoms with Gasteiger partial charge in [0.1, 0.15) is 0 Å². The van der Waals surface area contributed by atoms with Gasteiger partial charge in [-0.1, -0.05) is 141 Å². The van der Waals surface area contributed by atoms with Crippen LogP contribution in [-0.4, -0.2) is 18.5 Å². The van der Waals surface area contributed by atoms with Crippen molar-refractivity contribution in [3.05, 3.63) is 223 Å². The van der Waals surface area contributed by atoms with Crippen molar-refractivity contribution in [2.24, 2.45) is 0 Å². The van der Waals surface area contributed by atoms with Gasteiger partial charge in [-0.15, -0.1) is 0 Å². The Labute approximate surface area is 365 Å². The highest BCUT2D eigenvalue weighted by molar-refractivity contribution is 6.11. The third-order valence-corrected chi connectivity index (χ3v) is 13.4. The van der Waals surface area contributed by atoms with Crippen LogP contribution in [0.5, 0.6) is 0 Å². The van der Waals surface area contributed by atoms with Crippen molar-refractivity contribution >= 4 is 66.7 Å². The number of aromatic nitrogens is 4. The van der Waals surface area contributed by atoms with Crippen LogP contribution >= 0.6 is 0 Å². The number of rotatable bonds is 6. The fourth-order valence-electron chi connectivity index (χ4n) is 10.4. The minimum atomic E-state index is -0.133. The molecular weight excluding hydrogens is 767 g/mol. The summed E-state index contributed by atoms with van der Waals surface area (Å²) in [5.74, 6) is 0.899. The molecule has 12 aromatic rings. The fraction of sp³-hybridized carbons (Fsp3) is 0.0517.